The van der Waals surface area contributed by atoms with Crippen LogP contribution in [-0.2, 0) is 0 Å². The molecule has 23 heavy (non-hydrogen) atoms. The minimum absolute atomic E-state index is 0.192. The Bertz CT molecular complexity index is 657. The molecule has 2 unspecified atom stereocenters. The lowest BCUT2D eigenvalue weighted by Gasteiger charge is -2.17. The van der Waals surface area contributed by atoms with Crippen LogP contribution in [0.1, 0.15) is 42.4 Å². The van der Waals surface area contributed by atoms with E-state index in [-0.39, 0.29) is 5.92 Å². The van der Waals surface area contributed by atoms with Gasteiger partial charge < -0.3 is 5.73 Å². The zero-order valence-corrected chi connectivity index (χ0v) is 14.4. The van der Waals surface area contributed by atoms with E-state index in [1.54, 1.807) is 6.21 Å². The number of rotatable bonds is 6. The Kier molecular flexibility index (Phi) is 6.57. The fourth-order valence-electron chi connectivity index (χ4n) is 2.57. The van der Waals surface area contributed by atoms with Gasteiger partial charge in [-0.1, -0.05) is 61.0 Å². The third-order valence-electron chi connectivity index (χ3n) is 3.98. The van der Waals surface area contributed by atoms with Gasteiger partial charge >= 0.3 is 0 Å². The molecule has 2 N–H and O–H groups in total. The lowest BCUT2D eigenvalue weighted by molar-refractivity contribution is 0.817. The zero-order valence-electron chi connectivity index (χ0n) is 13.6. The van der Waals surface area contributed by atoms with Gasteiger partial charge in [-0.3, -0.25) is 4.99 Å². The first kappa shape index (κ1) is 17.5. The molecular weight excluding hydrogens is 304 g/mol. The lowest BCUT2D eigenvalue weighted by Crippen LogP contribution is -2.13. The largest absolute Gasteiger partial charge is 0.330 e. The van der Waals surface area contributed by atoms with E-state index in [2.05, 4.69) is 42.3 Å². The van der Waals surface area contributed by atoms with Crippen LogP contribution in [0.3, 0.4) is 0 Å². The van der Waals surface area contributed by atoms with Gasteiger partial charge in [0.15, 0.2) is 0 Å². The van der Waals surface area contributed by atoms with E-state index in [1.807, 2.05) is 37.4 Å². The quantitative estimate of drug-likeness (QED) is 0.733. The number of benzene rings is 2. The molecule has 3 heteroatoms. The Labute approximate surface area is 143 Å². The first-order chi connectivity index (χ1) is 11.2. The average molecular weight is 327 g/mol. The topological polar surface area (TPSA) is 38.4 Å². The van der Waals surface area contributed by atoms with Crippen molar-refractivity contribution in [2.75, 3.05) is 6.54 Å². The van der Waals surface area contributed by atoms with Crippen LogP contribution in [-0.4, -0.2) is 12.8 Å². The molecule has 0 saturated heterocycles. The summed E-state index contributed by atoms with van der Waals surface area (Å²) in [6, 6.07) is 16.6. The van der Waals surface area contributed by atoms with Gasteiger partial charge in [-0.05, 0) is 35.7 Å². The molecular formula is C20H23ClN2. The summed E-state index contributed by atoms with van der Waals surface area (Å²) >= 11 is 5.97. The van der Waals surface area contributed by atoms with Crippen molar-refractivity contribution in [1.29, 1.82) is 0 Å². The predicted molar refractivity (Wildman–Crippen MR) is 101 cm³/mol. The first-order valence-electron chi connectivity index (χ1n) is 7.85. The minimum Gasteiger partial charge on any atom is -0.330 e. The van der Waals surface area contributed by atoms with Crippen molar-refractivity contribution < 1.29 is 0 Å². The van der Waals surface area contributed by atoms with Crippen LogP contribution >= 0.6 is 11.6 Å². The fourth-order valence-corrected chi connectivity index (χ4v) is 2.69. The van der Waals surface area contributed by atoms with Gasteiger partial charge in [0, 0.05) is 35.8 Å². The Balaban J connectivity index is 2.18. The SMILES string of the molecule is CC=N/C=C\C(C)c1ccc(C(CN)c2ccc(Cl)cc2)cc1. The summed E-state index contributed by atoms with van der Waals surface area (Å²) in [5.41, 5.74) is 9.67. The van der Waals surface area contributed by atoms with Crippen molar-refractivity contribution in [2.45, 2.75) is 25.7 Å². The molecule has 0 radical (unpaired) electrons. The highest BCUT2D eigenvalue weighted by Crippen LogP contribution is 2.27. The number of nitrogens with two attached hydrogens (primary N) is 1. The van der Waals surface area contributed by atoms with Crippen LogP contribution in [0.2, 0.25) is 5.02 Å². The summed E-state index contributed by atoms with van der Waals surface area (Å²) in [4.78, 5) is 4.11. The van der Waals surface area contributed by atoms with E-state index >= 15 is 0 Å². The molecule has 0 bridgehead atoms. The van der Waals surface area contributed by atoms with Crippen LogP contribution in [0.5, 0.6) is 0 Å². The molecule has 2 aromatic carbocycles. The highest BCUT2D eigenvalue weighted by molar-refractivity contribution is 6.30. The molecule has 0 saturated carbocycles. The summed E-state index contributed by atoms with van der Waals surface area (Å²) in [7, 11) is 0. The molecule has 2 aromatic rings. The summed E-state index contributed by atoms with van der Waals surface area (Å²) < 4.78 is 0. The standard InChI is InChI=1S/C20H23ClN2/c1-3-23-13-12-15(2)16-4-6-17(7-5-16)20(14-22)18-8-10-19(21)11-9-18/h3-13,15,20H,14,22H2,1-2H3/b13-12-,23-3?. The van der Waals surface area contributed by atoms with Crippen LogP contribution in [0.25, 0.3) is 0 Å². The second kappa shape index (κ2) is 8.66. The summed E-state index contributed by atoms with van der Waals surface area (Å²) in [6.07, 6.45) is 5.72. The van der Waals surface area contributed by atoms with Gasteiger partial charge in [0.2, 0.25) is 0 Å². The third-order valence-corrected chi connectivity index (χ3v) is 4.23. The number of hydrogen-bond acceptors (Lipinski definition) is 2. The highest BCUT2D eigenvalue weighted by Gasteiger charge is 2.13. The minimum atomic E-state index is 0.192. The molecule has 0 spiro atoms. The van der Waals surface area contributed by atoms with E-state index in [4.69, 9.17) is 17.3 Å². The van der Waals surface area contributed by atoms with E-state index in [0.717, 1.165) is 5.02 Å². The van der Waals surface area contributed by atoms with Gasteiger partial charge in [-0.15, -0.1) is 0 Å². The first-order valence-corrected chi connectivity index (χ1v) is 8.23. The van der Waals surface area contributed by atoms with E-state index in [9.17, 15) is 0 Å². The van der Waals surface area contributed by atoms with Gasteiger partial charge in [0.1, 0.15) is 0 Å². The van der Waals surface area contributed by atoms with Gasteiger partial charge in [-0.2, -0.15) is 0 Å². The van der Waals surface area contributed by atoms with Crippen molar-refractivity contribution in [1.82, 2.24) is 0 Å². The molecule has 2 atom stereocenters. The van der Waals surface area contributed by atoms with Crippen molar-refractivity contribution in [3.05, 3.63) is 82.5 Å². The maximum absolute atomic E-state index is 5.99. The van der Waals surface area contributed by atoms with Gasteiger partial charge in [0.05, 0.1) is 0 Å². The Morgan fingerprint density at radius 3 is 2.04 bits per heavy atom. The monoisotopic (exact) mass is 326 g/mol. The van der Waals surface area contributed by atoms with Crippen molar-refractivity contribution in [2.24, 2.45) is 10.7 Å². The molecule has 0 amide bonds. The summed E-state index contributed by atoms with van der Waals surface area (Å²) in [5.74, 6) is 0.525. The Morgan fingerprint density at radius 2 is 1.52 bits per heavy atom. The Morgan fingerprint density at radius 1 is 1.00 bits per heavy atom. The summed E-state index contributed by atoms with van der Waals surface area (Å²) in [5, 5.41) is 0.746. The summed E-state index contributed by atoms with van der Waals surface area (Å²) in [6.45, 7) is 4.64. The molecule has 0 aliphatic carbocycles. The Hall–Kier alpha value is -1.90. The molecule has 120 valence electrons. The number of hydrogen-bond donors (Lipinski definition) is 1. The van der Waals surface area contributed by atoms with Crippen LogP contribution in [0, 0.1) is 0 Å². The van der Waals surface area contributed by atoms with Gasteiger partial charge in [-0.25, -0.2) is 0 Å². The van der Waals surface area contributed by atoms with Crippen LogP contribution in [0.4, 0.5) is 0 Å². The third kappa shape index (κ3) is 4.78. The smallest absolute Gasteiger partial charge is 0.0406 e. The van der Waals surface area contributed by atoms with Crippen LogP contribution in [0.15, 0.2) is 65.8 Å². The number of aliphatic imine (C=N–C) groups is 1. The van der Waals surface area contributed by atoms with E-state index in [1.165, 1.54) is 16.7 Å². The zero-order chi connectivity index (χ0) is 16.7. The maximum atomic E-state index is 5.99. The highest BCUT2D eigenvalue weighted by atomic mass is 35.5. The predicted octanol–water partition coefficient (Wildman–Crippen LogP) is 5.14. The average Bonchev–Trinajstić information content (AvgIpc) is 2.58. The van der Waals surface area contributed by atoms with Gasteiger partial charge in [0.25, 0.3) is 0 Å². The lowest BCUT2D eigenvalue weighted by atomic mass is 9.89. The fraction of sp³-hybridized carbons (Fsp3) is 0.250. The van der Waals surface area contributed by atoms with Crippen molar-refractivity contribution in [3.8, 4) is 0 Å². The second-order valence-electron chi connectivity index (χ2n) is 5.54. The van der Waals surface area contributed by atoms with Crippen molar-refractivity contribution in [3.63, 3.8) is 0 Å². The molecule has 0 heterocycles. The van der Waals surface area contributed by atoms with Crippen LogP contribution < -0.4 is 5.73 Å². The molecule has 0 aromatic heterocycles. The molecule has 2 rings (SSSR count). The van der Waals surface area contributed by atoms with E-state index < -0.39 is 0 Å². The number of allylic oxidation sites excluding steroid dienone is 1. The number of halogens is 1. The molecule has 0 aliphatic rings. The molecule has 0 fully saturated rings. The molecule has 0 aliphatic heterocycles. The second-order valence-corrected chi connectivity index (χ2v) is 5.98. The van der Waals surface area contributed by atoms with E-state index in [0.29, 0.717) is 12.5 Å². The number of nitrogens with zero attached hydrogens (tertiary/aromatic N) is 1. The molecule has 2 nitrogen and oxygen atoms in total. The van der Waals surface area contributed by atoms with Crippen molar-refractivity contribution >= 4 is 17.8 Å². The maximum Gasteiger partial charge on any atom is 0.0406 e. The normalized spacial score (nSPS) is 14.4.